The lowest BCUT2D eigenvalue weighted by atomic mass is 10.6. The molecule has 0 aliphatic heterocycles. The van der Waals surface area contributed by atoms with Gasteiger partial charge in [0.2, 0.25) is 0 Å². The summed E-state index contributed by atoms with van der Waals surface area (Å²) in [5, 5.41) is 7.56. The predicted octanol–water partition coefficient (Wildman–Crippen LogP) is -0.00271. The highest BCUT2D eigenvalue weighted by atomic mass is 15.4. The van der Waals surface area contributed by atoms with Crippen LogP contribution in [0.2, 0.25) is 0 Å². The Morgan fingerprint density at radius 1 is 1.86 bits per heavy atom. The van der Waals surface area contributed by atoms with Gasteiger partial charge in [-0.3, -0.25) is 0 Å². The Morgan fingerprint density at radius 2 is 2.57 bits per heavy atom. The Bertz CT molecular complexity index is 139. The molecule has 3 nitrogen and oxygen atoms in total. The molecule has 37 valence electrons. The minimum Gasteiger partial charge on any atom is -0.188 e. The van der Waals surface area contributed by atoms with Crippen molar-refractivity contribution < 1.29 is 0 Å². The molecule has 1 rings (SSSR count). The largest absolute Gasteiger partial charge is 0.188 e. The summed E-state index contributed by atoms with van der Waals surface area (Å²) in [7, 11) is 1.76. The molecule has 0 saturated heterocycles. The van der Waals surface area contributed by atoms with E-state index in [0.29, 0.717) is 5.69 Å². The van der Waals surface area contributed by atoms with E-state index in [0.717, 1.165) is 0 Å². The molecule has 1 heterocycles. The van der Waals surface area contributed by atoms with Gasteiger partial charge in [0.1, 0.15) is 0 Å². The van der Waals surface area contributed by atoms with Gasteiger partial charge in [-0.1, -0.05) is 0 Å². The molecule has 3 heteroatoms. The first kappa shape index (κ1) is 4.30. The molecule has 0 saturated carbocycles. The molecule has 0 atom stereocenters. The van der Waals surface area contributed by atoms with Crippen LogP contribution in [0.5, 0.6) is 0 Å². The summed E-state index contributed by atoms with van der Waals surface area (Å²) in [6.07, 6.45) is 1.61. The zero-order chi connectivity index (χ0) is 5.28. The number of nitrogens with zero attached hydrogens (tertiary/aromatic N) is 3. The smallest absolute Gasteiger partial charge is 0.0831 e. The quantitative estimate of drug-likeness (QED) is 0.455. The standard InChI is InChI=1S/C4H6N3/c1-4-3-5-7(2)6-4/h3H,1H2,2H3. The van der Waals surface area contributed by atoms with Crippen LogP contribution in [-0.2, 0) is 7.05 Å². The van der Waals surface area contributed by atoms with E-state index in [2.05, 4.69) is 17.1 Å². The summed E-state index contributed by atoms with van der Waals surface area (Å²) >= 11 is 0. The summed E-state index contributed by atoms with van der Waals surface area (Å²) in [6.45, 7) is 3.55. The zero-order valence-electron chi connectivity index (χ0n) is 4.13. The normalized spacial score (nSPS) is 9.43. The molecule has 0 N–H and O–H groups in total. The van der Waals surface area contributed by atoms with Crippen LogP contribution >= 0.6 is 0 Å². The van der Waals surface area contributed by atoms with E-state index in [-0.39, 0.29) is 0 Å². The highest BCUT2D eigenvalue weighted by Gasteiger charge is 1.83. The molecule has 1 aromatic rings. The highest BCUT2D eigenvalue weighted by Crippen LogP contribution is 1.81. The number of rotatable bonds is 0. The van der Waals surface area contributed by atoms with E-state index in [1.54, 1.807) is 13.2 Å². The lowest BCUT2D eigenvalue weighted by molar-refractivity contribution is 0.651. The molecule has 0 bridgehead atoms. The summed E-state index contributed by atoms with van der Waals surface area (Å²) < 4.78 is 0. The van der Waals surface area contributed by atoms with Gasteiger partial charge in [0.05, 0.1) is 11.9 Å². The first-order chi connectivity index (χ1) is 3.29. The molecular weight excluding hydrogens is 90.1 g/mol. The maximum Gasteiger partial charge on any atom is 0.0831 e. The van der Waals surface area contributed by atoms with Crippen LogP contribution in [0.3, 0.4) is 0 Å². The van der Waals surface area contributed by atoms with Crippen molar-refractivity contribution >= 4 is 0 Å². The number of aromatic nitrogens is 3. The van der Waals surface area contributed by atoms with Crippen LogP contribution in [0.25, 0.3) is 0 Å². The van der Waals surface area contributed by atoms with Crippen molar-refractivity contribution in [2.24, 2.45) is 7.05 Å². The number of hydrogen-bond acceptors (Lipinski definition) is 2. The van der Waals surface area contributed by atoms with Crippen molar-refractivity contribution in [1.82, 2.24) is 15.0 Å². The molecule has 1 aromatic heterocycles. The van der Waals surface area contributed by atoms with E-state index in [1.807, 2.05) is 0 Å². The minimum absolute atomic E-state index is 0.711. The van der Waals surface area contributed by atoms with Crippen molar-refractivity contribution in [2.75, 3.05) is 0 Å². The van der Waals surface area contributed by atoms with Gasteiger partial charge in [-0.15, -0.1) is 0 Å². The lowest BCUT2D eigenvalue weighted by Gasteiger charge is -1.77. The topological polar surface area (TPSA) is 30.7 Å². The molecule has 0 fully saturated rings. The van der Waals surface area contributed by atoms with Crippen LogP contribution in [0.15, 0.2) is 6.20 Å². The fourth-order valence-corrected chi connectivity index (χ4v) is 0.388. The van der Waals surface area contributed by atoms with E-state index >= 15 is 0 Å². The van der Waals surface area contributed by atoms with Gasteiger partial charge in [-0.05, 0) is 6.92 Å². The summed E-state index contributed by atoms with van der Waals surface area (Å²) in [5.74, 6) is 0. The van der Waals surface area contributed by atoms with Crippen LogP contribution in [0.4, 0.5) is 0 Å². The molecule has 7 heavy (non-hydrogen) atoms. The molecule has 0 aromatic carbocycles. The molecule has 0 spiro atoms. The number of hydrogen-bond donors (Lipinski definition) is 0. The summed E-state index contributed by atoms with van der Waals surface area (Å²) in [6, 6.07) is 0. The van der Waals surface area contributed by atoms with Crippen LogP contribution in [-0.4, -0.2) is 15.0 Å². The van der Waals surface area contributed by atoms with Crippen molar-refractivity contribution in [1.29, 1.82) is 0 Å². The van der Waals surface area contributed by atoms with E-state index in [4.69, 9.17) is 0 Å². The molecule has 0 amide bonds. The van der Waals surface area contributed by atoms with Crippen LogP contribution < -0.4 is 0 Å². The Kier molecular flexibility index (Phi) is 0.817. The van der Waals surface area contributed by atoms with Crippen molar-refractivity contribution in [2.45, 2.75) is 0 Å². The molecule has 0 unspecified atom stereocenters. The second kappa shape index (κ2) is 1.33. The highest BCUT2D eigenvalue weighted by molar-refractivity contribution is 4.93. The van der Waals surface area contributed by atoms with Crippen LogP contribution in [0, 0.1) is 6.92 Å². The Balaban J connectivity index is 3.04. The Hall–Kier alpha value is -0.860. The van der Waals surface area contributed by atoms with Gasteiger partial charge in [0.15, 0.2) is 0 Å². The van der Waals surface area contributed by atoms with Crippen molar-refractivity contribution in [3.05, 3.63) is 18.8 Å². The first-order valence-corrected chi connectivity index (χ1v) is 1.97. The second-order valence-corrected chi connectivity index (χ2v) is 1.33. The summed E-state index contributed by atoms with van der Waals surface area (Å²) in [4.78, 5) is 1.47. The minimum atomic E-state index is 0.711. The first-order valence-electron chi connectivity index (χ1n) is 1.97. The SMILES string of the molecule is [CH2]c1cnn(C)n1. The van der Waals surface area contributed by atoms with Gasteiger partial charge in [0, 0.05) is 7.05 Å². The average molecular weight is 96.1 g/mol. The number of aryl methyl sites for hydroxylation is 1. The third-order valence-corrected chi connectivity index (χ3v) is 0.647. The molecule has 1 radical (unpaired) electrons. The Morgan fingerprint density at radius 3 is 2.71 bits per heavy atom. The van der Waals surface area contributed by atoms with E-state index in [1.165, 1.54) is 4.80 Å². The Labute approximate surface area is 42.0 Å². The van der Waals surface area contributed by atoms with Gasteiger partial charge in [-0.2, -0.15) is 15.0 Å². The lowest BCUT2D eigenvalue weighted by Crippen LogP contribution is -1.90. The van der Waals surface area contributed by atoms with Crippen molar-refractivity contribution in [3.63, 3.8) is 0 Å². The molecule has 0 aliphatic carbocycles. The second-order valence-electron chi connectivity index (χ2n) is 1.33. The zero-order valence-corrected chi connectivity index (χ0v) is 4.13. The molecule has 0 aliphatic rings. The monoisotopic (exact) mass is 96.1 g/mol. The van der Waals surface area contributed by atoms with Crippen molar-refractivity contribution in [3.8, 4) is 0 Å². The average Bonchev–Trinajstić information content (AvgIpc) is 1.87. The maximum atomic E-state index is 3.81. The maximum absolute atomic E-state index is 3.81. The van der Waals surface area contributed by atoms with Gasteiger partial charge in [0.25, 0.3) is 0 Å². The fraction of sp³-hybridized carbons (Fsp3) is 0.250. The third kappa shape index (κ3) is 0.765. The third-order valence-electron chi connectivity index (χ3n) is 0.647. The summed E-state index contributed by atoms with van der Waals surface area (Å²) in [5.41, 5.74) is 0.711. The van der Waals surface area contributed by atoms with E-state index in [9.17, 15) is 0 Å². The predicted molar refractivity (Wildman–Crippen MR) is 25.5 cm³/mol. The fourth-order valence-electron chi connectivity index (χ4n) is 0.388. The van der Waals surface area contributed by atoms with Gasteiger partial charge in [-0.25, -0.2) is 0 Å². The molecular formula is C4H6N3. The van der Waals surface area contributed by atoms with Gasteiger partial charge >= 0.3 is 0 Å². The van der Waals surface area contributed by atoms with Crippen LogP contribution in [0.1, 0.15) is 5.69 Å². The van der Waals surface area contributed by atoms with Gasteiger partial charge < -0.3 is 0 Å². The van der Waals surface area contributed by atoms with E-state index < -0.39 is 0 Å².